The third-order valence-corrected chi connectivity index (χ3v) is 5.58. The summed E-state index contributed by atoms with van der Waals surface area (Å²) in [4.78, 5) is 0. The minimum absolute atomic E-state index is 1.03. The van der Waals surface area contributed by atoms with Gasteiger partial charge in [0.15, 0.2) is 0 Å². The molecule has 0 aliphatic heterocycles. The maximum Gasteiger partial charge on any atom is 0.0181 e. The van der Waals surface area contributed by atoms with E-state index in [1.165, 1.54) is 27.8 Å². The van der Waals surface area contributed by atoms with Gasteiger partial charge in [-0.3, -0.25) is 0 Å². The molecule has 0 N–H and O–H groups in total. The molecule has 0 unspecified atom stereocenters. The first-order valence-electron chi connectivity index (χ1n) is 9.34. The third-order valence-electron chi connectivity index (χ3n) is 5.08. The molecule has 0 saturated carbocycles. The topological polar surface area (TPSA) is 0 Å². The highest BCUT2D eigenvalue weighted by Gasteiger charge is 2.12. The van der Waals surface area contributed by atoms with Gasteiger partial charge in [-0.25, -0.2) is 0 Å². The fraction of sp³-hybridized carbons (Fsp3) is 0.0370. The summed E-state index contributed by atoms with van der Waals surface area (Å²) in [7, 11) is 0. The van der Waals surface area contributed by atoms with E-state index in [0.29, 0.717) is 0 Å². The molecule has 0 aliphatic carbocycles. The van der Waals surface area contributed by atoms with E-state index in [0.717, 1.165) is 21.2 Å². The van der Waals surface area contributed by atoms with E-state index >= 15 is 0 Å². The minimum atomic E-state index is 1.03. The normalized spacial score (nSPS) is 10.6. The van der Waals surface area contributed by atoms with Crippen LogP contribution in [0.15, 0.2) is 108 Å². The van der Waals surface area contributed by atoms with Gasteiger partial charge in [-0.1, -0.05) is 107 Å². The lowest BCUT2D eigenvalue weighted by Gasteiger charge is -2.15. The quantitative estimate of drug-likeness (QED) is 0.309. The van der Waals surface area contributed by atoms with Gasteiger partial charge in [-0.05, 0) is 63.6 Å². The SMILES string of the molecule is C=C(c1ccc(-c2ccccc2)cc1)c1ccc(Br)cc1-c1ccccc1C. The first-order chi connectivity index (χ1) is 13.6. The van der Waals surface area contributed by atoms with Crippen molar-refractivity contribution in [1.82, 2.24) is 0 Å². The molecule has 0 aliphatic rings. The monoisotopic (exact) mass is 424 g/mol. The lowest BCUT2D eigenvalue weighted by atomic mass is 9.89. The second-order valence-electron chi connectivity index (χ2n) is 6.93. The Bertz CT molecular complexity index is 1120. The van der Waals surface area contributed by atoms with Crippen LogP contribution in [0.1, 0.15) is 16.7 Å². The van der Waals surface area contributed by atoms with E-state index in [1.54, 1.807) is 0 Å². The number of benzene rings is 4. The lowest BCUT2D eigenvalue weighted by Crippen LogP contribution is -1.93. The molecule has 4 aromatic carbocycles. The van der Waals surface area contributed by atoms with E-state index in [2.05, 4.69) is 120 Å². The van der Waals surface area contributed by atoms with Crippen LogP contribution in [0.3, 0.4) is 0 Å². The molecular weight excluding hydrogens is 404 g/mol. The summed E-state index contributed by atoms with van der Waals surface area (Å²) in [6.07, 6.45) is 0. The van der Waals surface area contributed by atoms with Crippen LogP contribution in [0, 0.1) is 6.92 Å². The molecule has 0 nitrogen and oxygen atoms in total. The second-order valence-corrected chi connectivity index (χ2v) is 7.84. The van der Waals surface area contributed by atoms with Gasteiger partial charge in [-0.2, -0.15) is 0 Å². The van der Waals surface area contributed by atoms with Crippen LogP contribution in [0.25, 0.3) is 27.8 Å². The molecule has 0 spiro atoms. The molecule has 0 atom stereocenters. The third kappa shape index (κ3) is 3.72. The molecule has 136 valence electrons. The average molecular weight is 425 g/mol. The fourth-order valence-corrected chi connectivity index (χ4v) is 3.89. The fourth-order valence-electron chi connectivity index (χ4n) is 3.53. The van der Waals surface area contributed by atoms with Gasteiger partial charge in [0.05, 0.1) is 0 Å². The molecule has 1 heteroatoms. The maximum absolute atomic E-state index is 4.43. The molecule has 0 amide bonds. The number of aryl methyl sites for hydroxylation is 1. The number of rotatable bonds is 4. The molecule has 0 bridgehead atoms. The first-order valence-corrected chi connectivity index (χ1v) is 10.1. The van der Waals surface area contributed by atoms with E-state index in [1.807, 2.05) is 6.07 Å². The van der Waals surface area contributed by atoms with Crippen LogP contribution in [0.5, 0.6) is 0 Å². The zero-order chi connectivity index (χ0) is 19.5. The van der Waals surface area contributed by atoms with Gasteiger partial charge in [-0.15, -0.1) is 0 Å². The summed E-state index contributed by atoms with van der Waals surface area (Å²) < 4.78 is 1.07. The average Bonchev–Trinajstić information content (AvgIpc) is 2.74. The molecule has 0 aromatic heterocycles. The Labute approximate surface area is 175 Å². The van der Waals surface area contributed by atoms with Crippen LogP contribution in [-0.4, -0.2) is 0 Å². The molecular formula is C27H21Br. The zero-order valence-electron chi connectivity index (χ0n) is 15.8. The van der Waals surface area contributed by atoms with Crippen molar-refractivity contribution in [3.63, 3.8) is 0 Å². The van der Waals surface area contributed by atoms with Crippen molar-refractivity contribution < 1.29 is 0 Å². The molecule has 0 saturated heterocycles. The Morgan fingerprint density at radius 2 is 1.32 bits per heavy atom. The Morgan fingerprint density at radius 3 is 2.04 bits per heavy atom. The van der Waals surface area contributed by atoms with Crippen LogP contribution < -0.4 is 0 Å². The van der Waals surface area contributed by atoms with Gasteiger partial charge in [0.25, 0.3) is 0 Å². The second kappa shape index (κ2) is 8.00. The largest absolute Gasteiger partial charge is 0.0905 e. The summed E-state index contributed by atoms with van der Waals surface area (Å²) >= 11 is 3.63. The van der Waals surface area contributed by atoms with Crippen LogP contribution >= 0.6 is 15.9 Å². The van der Waals surface area contributed by atoms with Crippen LogP contribution in [0.2, 0.25) is 0 Å². The molecule has 4 aromatic rings. The van der Waals surface area contributed by atoms with Gasteiger partial charge in [0.2, 0.25) is 0 Å². The Morgan fingerprint density at radius 1 is 0.679 bits per heavy atom. The number of hydrogen-bond acceptors (Lipinski definition) is 0. The number of halogens is 1. The number of hydrogen-bond donors (Lipinski definition) is 0. The van der Waals surface area contributed by atoms with E-state index in [9.17, 15) is 0 Å². The Hall–Kier alpha value is -2.90. The minimum Gasteiger partial charge on any atom is -0.0905 e. The maximum atomic E-state index is 4.43. The standard InChI is InChI=1S/C27H21Br/c1-19-8-6-7-11-25(19)27-18-24(28)16-17-26(27)20(2)21-12-14-23(15-13-21)22-9-4-3-5-10-22/h3-18H,2H2,1H3. The molecule has 4 rings (SSSR count). The van der Waals surface area contributed by atoms with E-state index in [4.69, 9.17) is 0 Å². The smallest absolute Gasteiger partial charge is 0.0181 e. The van der Waals surface area contributed by atoms with Crippen molar-refractivity contribution in [2.24, 2.45) is 0 Å². The lowest BCUT2D eigenvalue weighted by molar-refractivity contribution is 1.44. The highest BCUT2D eigenvalue weighted by molar-refractivity contribution is 9.10. The predicted molar refractivity (Wildman–Crippen MR) is 124 cm³/mol. The van der Waals surface area contributed by atoms with Crippen molar-refractivity contribution in [1.29, 1.82) is 0 Å². The molecule has 0 heterocycles. The van der Waals surface area contributed by atoms with Crippen molar-refractivity contribution in [3.05, 3.63) is 125 Å². The van der Waals surface area contributed by atoms with E-state index in [-0.39, 0.29) is 0 Å². The van der Waals surface area contributed by atoms with E-state index < -0.39 is 0 Å². The van der Waals surface area contributed by atoms with Gasteiger partial charge in [0.1, 0.15) is 0 Å². The summed E-state index contributed by atoms with van der Waals surface area (Å²) in [6.45, 7) is 6.58. The predicted octanol–water partition coefficient (Wildman–Crippen LogP) is 8.15. The zero-order valence-corrected chi connectivity index (χ0v) is 17.4. The summed E-state index contributed by atoms with van der Waals surface area (Å²) in [5.41, 5.74) is 9.46. The van der Waals surface area contributed by atoms with Crippen molar-refractivity contribution in [2.45, 2.75) is 6.92 Å². The van der Waals surface area contributed by atoms with Crippen LogP contribution in [0.4, 0.5) is 0 Å². The highest BCUT2D eigenvalue weighted by atomic mass is 79.9. The van der Waals surface area contributed by atoms with Crippen LogP contribution in [-0.2, 0) is 0 Å². The van der Waals surface area contributed by atoms with Gasteiger partial charge in [0, 0.05) is 4.47 Å². The van der Waals surface area contributed by atoms with Gasteiger partial charge >= 0.3 is 0 Å². The van der Waals surface area contributed by atoms with Crippen molar-refractivity contribution in [3.8, 4) is 22.3 Å². The molecule has 0 fully saturated rings. The first kappa shape index (κ1) is 18.5. The Balaban J connectivity index is 1.74. The van der Waals surface area contributed by atoms with Crippen molar-refractivity contribution >= 4 is 21.5 Å². The Kier molecular flexibility index (Phi) is 5.27. The summed E-state index contributed by atoms with van der Waals surface area (Å²) in [6, 6.07) is 34.0. The summed E-state index contributed by atoms with van der Waals surface area (Å²) in [5.74, 6) is 0. The highest BCUT2D eigenvalue weighted by Crippen LogP contribution is 2.35. The summed E-state index contributed by atoms with van der Waals surface area (Å²) in [5, 5.41) is 0. The molecule has 0 radical (unpaired) electrons. The van der Waals surface area contributed by atoms with Gasteiger partial charge < -0.3 is 0 Å². The molecule has 28 heavy (non-hydrogen) atoms. The van der Waals surface area contributed by atoms with Crippen molar-refractivity contribution in [2.75, 3.05) is 0 Å².